The highest BCUT2D eigenvalue weighted by Gasteiger charge is 2.69. The fraction of sp³-hybridized carbons (Fsp3) is 0.414. The minimum absolute atomic E-state index is 0.0883. The molecular weight excluding hydrogens is 438 g/mol. The molecule has 2 aromatic carbocycles. The lowest BCUT2D eigenvalue weighted by Gasteiger charge is -2.49. The van der Waals surface area contributed by atoms with Gasteiger partial charge in [-0.15, -0.1) is 0 Å². The molecule has 3 saturated heterocycles. The van der Waals surface area contributed by atoms with Gasteiger partial charge in [0, 0.05) is 25.2 Å². The number of nitrogens with zero attached hydrogens (tertiary/aromatic N) is 3. The number of benzene rings is 2. The Balaban J connectivity index is 1.53. The second kappa shape index (κ2) is 8.33. The maximum Gasteiger partial charge on any atom is 0.137 e. The predicted molar refractivity (Wildman–Crippen MR) is 133 cm³/mol. The molecule has 3 atom stereocenters. The largest absolute Gasteiger partial charge is 0.375 e. The van der Waals surface area contributed by atoms with E-state index in [1.54, 1.807) is 0 Å². The molecular formula is C29H29N3O3. The van der Waals surface area contributed by atoms with E-state index < -0.39 is 11.0 Å². The van der Waals surface area contributed by atoms with Gasteiger partial charge in [0.25, 0.3) is 0 Å². The van der Waals surface area contributed by atoms with Gasteiger partial charge < -0.3 is 14.2 Å². The van der Waals surface area contributed by atoms with E-state index in [4.69, 9.17) is 29.2 Å². The van der Waals surface area contributed by atoms with Crippen molar-refractivity contribution in [3.63, 3.8) is 0 Å². The molecule has 3 unspecified atom stereocenters. The van der Waals surface area contributed by atoms with Crippen LogP contribution in [0, 0.1) is 0 Å². The lowest BCUT2D eigenvalue weighted by atomic mass is 9.61. The first-order chi connectivity index (χ1) is 17.3. The molecule has 6 nitrogen and oxygen atoms in total. The highest BCUT2D eigenvalue weighted by Crippen LogP contribution is 2.57. The maximum atomic E-state index is 6.90. The summed E-state index contributed by atoms with van der Waals surface area (Å²) in [5.74, 6) is 0. The molecule has 0 amide bonds. The van der Waals surface area contributed by atoms with Gasteiger partial charge in [0.15, 0.2) is 0 Å². The minimum Gasteiger partial charge on any atom is -0.375 e. The van der Waals surface area contributed by atoms with Crippen molar-refractivity contribution in [1.29, 1.82) is 0 Å². The molecule has 0 spiro atoms. The quantitative estimate of drug-likeness (QED) is 0.422. The Morgan fingerprint density at radius 3 is 2.11 bits per heavy atom. The second-order valence-electron chi connectivity index (χ2n) is 9.93. The molecule has 0 radical (unpaired) electrons. The minimum atomic E-state index is -0.716. The Bertz CT molecular complexity index is 1280. The van der Waals surface area contributed by atoms with E-state index in [1.165, 1.54) is 0 Å². The first-order valence-corrected chi connectivity index (χ1v) is 12.8. The first-order valence-electron chi connectivity index (χ1n) is 12.8. The summed E-state index contributed by atoms with van der Waals surface area (Å²) in [7, 11) is 0. The Morgan fingerprint density at radius 2 is 1.37 bits per heavy atom. The summed E-state index contributed by atoms with van der Waals surface area (Å²) in [5, 5.41) is 1.12. The van der Waals surface area contributed by atoms with E-state index in [-0.39, 0.29) is 12.2 Å². The zero-order chi connectivity index (χ0) is 23.3. The number of fused-ring (bicyclic) bond motifs is 2. The molecule has 2 aromatic heterocycles. The predicted octanol–water partition coefficient (Wildman–Crippen LogP) is 4.98. The topological polar surface area (TPSA) is 66.4 Å². The van der Waals surface area contributed by atoms with Crippen LogP contribution in [-0.2, 0) is 19.6 Å². The van der Waals surface area contributed by atoms with Gasteiger partial charge in [-0.25, -0.2) is 4.98 Å². The highest BCUT2D eigenvalue weighted by molar-refractivity contribution is 5.79. The van der Waals surface area contributed by atoms with Crippen LogP contribution in [0.3, 0.4) is 0 Å². The number of ether oxygens (including phenoxy) is 3. The number of para-hydroxylation sites is 3. The van der Waals surface area contributed by atoms with Gasteiger partial charge in [0.05, 0.1) is 51.8 Å². The SMILES string of the molecule is c1ccc2nc(C3(c4cnc5ccccc5n4)CCOC3(C3CCCO3)C3CCCO3)ccc2c1. The van der Waals surface area contributed by atoms with Crippen LogP contribution in [0.1, 0.15) is 43.5 Å². The fourth-order valence-corrected chi connectivity index (χ4v) is 6.72. The molecule has 3 aliphatic rings. The number of hydrogen-bond acceptors (Lipinski definition) is 6. The average molecular weight is 468 g/mol. The molecule has 5 heterocycles. The fourth-order valence-electron chi connectivity index (χ4n) is 6.72. The van der Waals surface area contributed by atoms with Gasteiger partial charge in [0.2, 0.25) is 0 Å². The first kappa shape index (κ1) is 21.4. The van der Waals surface area contributed by atoms with Crippen LogP contribution in [-0.4, -0.2) is 52.6 Å². The van der Waals surface area contributed by atoms with Crippen LogP contribution in [0.25, 0.3) is 21.9 Å². The number of hydrogen-bond donors (Lipinski definition) is 0. The molecule has 0 bridgehead atoms. The van der Waals surface area contributed by atoms with E-state index in [0.717, 1.165) is 78.6 Å². The van der Waals surface area contributed by atoms with Crippen LogP contribution in [0.2, 0.25) is 0 Å². The third kappa shape index (κ3) is 3.10. The Hall–Kier alpha value is -2.93. The lowest BCUT2D eigenvalue weighted by molar-refractivity contribution is -0.183. The van der Waals surface area contributed by atoms with Crippen LogP contribution < -0.4 is 0 Å². The van der Waals surface area contributed by atoms with Crippen LogP contribution in [0.5, 0.6) is 0 Å². The van der Waals surface area contributed by atoms with Crippen LogP contribution >= 0.6 is 0 Å². The molecule has 178 valence electrons. The monoisotopic (exact) mass is 467 g/mol. The van der Waals surface area contributed by atoms with Gasteiger partial charge in [-0.3, -0.25) is 9.97 Å². The Labute approximate surface area is 204 Å². The zero-order valence-electron chi connectivity index (χ0n) is 19.7. The molecule has 0 saturated carbocycles. The standard InChI is InChI=1S/C29H29N3O3/c1-2-8-21-20(7-1)13-14-24(31-21)28(25-19-30-22-9-3-4-10-23(22)32-25)15-18-35-29(28,26-11-5-16-33-26)27-12-6-17-34-27/h1-4,7-10,13-14,19,26-27H,5-6,11-12,15-18H2. The van der Waals surface area contributed by atoms with Crippen LogP contribution in [0.4, 0.5) is 0 Å². The Kier molecular flexibility index (Phi) is 5.08. The highest BCUT2D eigenvalue weighted by atomic mass is 16.6. The van der Waals surface area contributed by atoms with Gasteiger partial charge >= 0.3 is 0 Å². The summed E-state index contributed by atoms with van der Waals surface area (Å²) in [6, 6.07) is 20.7. The van der Waals surface area contributed by atoms with Crippen LogP contribution in [0.15, 0.2) is 66.9 Å². The molecule has 7 rings (SSSR count). The van der Waals surface area contributed by atoms with Crippen molar-refractivity contribution >= 4 is 21.9 Å². The van der Waals surface area contributed by atoms with Gasteiger partial charge in [-0.2, -0.15) is 0 Å². The molecule has 35 heavy (non-hydrogen) atoms. The van der Waals surface area contributed by atoms with E-state index in [9.17, 15) is 0 Å². The summed E-state index contributed by atoms with van der Waals surface area (Å²) in [5.41, 5.74) is 3.23. The van der Waals surface area contributed by atoms with Crippen molar-refractivity contribution < 1.29 is 14.2 Å². The molecule has 4 aromatic rings. The Morgan fingerprint density at radius 1 is 0.686 bits per heavy atom. The summed E-state index contributed by atoms with van der Waals surface area (Å²) in [6.07, 6.45) is 6.44. The summed E-state index contributed by atoms with van der Waals surface area (Å²) in [6.45, 7) is 2.09. The third-order valence-electron chi connectivity index (χ3n) is 8.22. The average Bonchev–Trinajstić information content (AvgIpc) is 3.69. The van der Waals surface area contributed by atoms with Crippen molar-refractivity contribution in [1.82, 2.24) is 15.0 Å². The molecule has 0 N–H and O–H groups in total. The third-order valence-corrected chi connectivity index (χ3v) is 8.22. The smallest absolute Gasteiger partial charge is 0.137 e. The van der Waals surface area contributed by atoms with E-state index in [1.807, 2.05) is 36.5 Å². The summed E-state index contributed by atoms with van der Waals surface area (Å²) in [4.78, 5) is 15.3. The molecule has 0 aliphatic carbocycles. The van der Waals surface area contributed by atoms with Gasteiger partial charge in [-0.1, -0.05) is 36.4 Å². The molecule has 3 fully saturated rings. The second-order valence-corrected chi connectivity index (χ2v) is 9.93. The molecule has 6 heteroatoms. The lowest BCUT2D eigenvalue weighted by Crippen LogP contribution is -2.64. The van der Waals surface area contributed by atoms with Crippen molar-refractivity contribution in [2.45, 2.75) is 55.3 Å². The zero-order valence-corrected chi connectivity index (χ0v) is 19.7. The van der Waals surface area contributed by atoms with E-state index >= 15 is 0 Å². The normalized spacial score (nSPS) is 31.0. The number of aromatic nitrogens is 3. The number of rotatable bonds is 4. The van der Waals surface area contributed by atoms with Crippen molar-refractivity contribution in [3.05, 3.63) is 78.2 Å². The summed E-state index contributed by atoms with van der Waals surface area (Å²) >= 11 is 0. The maximum absolute atomic E-state index is 6.90. The van der Waals surface area contributed by atoms with Crippen molar-refractivity contribution in [2.75, 3.05) is 19.8 Å². The molecule has 3 aliphatic heterocycles. The van der Waals surface area contributed by atoms with Gasteiger partial charge in [0.1, 0.15) is 5.60 Å². The van der Waals surface area contributed by atoms with E-state index in [0.29, 0.717) is 6.61 Å². The number of pyridine rings is 1. The van der Waals surface area contributed by atoms with Crippen molar-refractivity contribution in [2.24, 2.45) is 0 Å². The van der Waals surface area contributed by atoms with E-state index in [2.05, 4.69) is 30.3 Å². The van der Waals surface area contributed by atoms with Gasteiger partial charge in [-0.05, 0) is 56.4 Å². The van der Waals surface area contributed by atoms with Crippen molar-refractivity contribution in [3.8, 4) is 0 Å². The summed E-state index contributed by atoms with van der Waals surface area (Å²) < 4.78 is 19.8.